The number of hydrogen-bond acceptors (Lipinski definition) is 4. The summed E-state index contributed by atoms with van der Waals surface area (Å²) in [6.07, 6.45) is 0. The second-order valence-electron chi connectivity index (χ2n) is 4.38. The Morgan fingerprint density at radius 2 is 2.17 bits per heavy atom. The Balaban J connectivity index is 2.31. The van der Waals surface area contributed by atoms with E-state index in [4.69, 9.17) is 0 Å². The number of para-hydroxylation sites is 1. The predicted molar refractivity (Wildman–Crippen MR) is 67.4 cm³/mol. The molecular formula is C12H15N5O. The zero-order valence-electron chi connectivity index (χ0n) is 10.6. The van der Waals surface area contributed by atoms with Gasteiger partial charge >= 0.3 is 0 Å². The molecule has 1 aromatic carbocycles. The third kappa shape index (κ3) is 2.37. The van der Waals surface area contributed by atoms with Gasteiger partial charge in [-0.15, -0.1) is 10.2 Å². The first kappa shape index (κ1) is 12.2. The summed E-state index contributed by atoms with van der Waals surface area (Å²) in [5, 5.41) is 15.8. The number of hydrogen-bond donors (Lipinski definition) is 2. The quantitative estimate of drug-likeness (QED) is 0.864. The van der Waals surface area contributed by atoms with Crippen molar-refractivity contribution in [3.8, 4) is 0 Å². The van der Waals surface area contributed by atoms with E-state index in [9.17, 15) is 4.79 Å². The molecule has 2 N–H and O–H groups in total. The van der Waals surface area contributed by atoms with E-state index in [1.165, 1.54) is 0 Å². The van der Waals surface area contributed by atoms with E-state index in [1.807, 2.05) is 25.1 Å². The normalized spacial score (nSPS) is 10.7. The maximum absolute atomic E-state index is 11.9. The van der Waals surface area contributed by atoms with Crippen molar-refractivity contribution in [3.63, 3.8) is 0 Å². The van der Waals surface area contributed by atoms with Gasteiger partial charge in [0.05, 0.1) is 0 Å². The molecule has 0 radical (unpaired) electrons. The molecule has 0 aliphatic rings. The predicted octanol–water partition coefficient (Wildman–Crippen LogP) is 1.88. The van der Waals surface area contributed by atoms with Crippen molar-refractivity contribution in [2.75, 3.05) is 5.32 Å². The van der Waals surface area contributed by atoms with Crippen molar-refractivity contribution in [1.82, 2.24) is 20.6 Å². The number of carbonyl (C=O) groups excluding carboxylic acids is 1. The monoisotopic (exact) mass is 245 g/mol. The SMILES string of the molecule is Cc1cccc(C(C)C)c1NC(=O)c1nn[nH]n1. The Labute approximate surface area is 105 Å². The molecule has 0 fully saturated rings. The number of carbonyl (C=O) groups is 1. The third-order valence-electron chi connectivity index (χ3n) is 2.71. The number of nitrogens with one attached hydrogen (secondary N) is 2. The number of tetrazole rings is 1. The molecule has 18 heavy (non-hydrogen) atoms. The number of aromatic nitrogens is 4. The smallest absolute Gasteiger partial charge is 0.297 e. The van der Waals surface area contributed by atoms with Crippen LogP contribution in [0.4, 0.5) is 5.69 Å². The highest BCUT2D eigenvalue weighted by molar-refractivity contribution is 6.02. The standard InChI is InChI=1S/C12H15N5O/c1-7(2)9-6-4-5-8(3)10(9)13-12(18)11-14-16-17-15-11/h4-7H,1-3H3,(H,13,18)(H,14,15,16,17). The van der Waals surface area contributed by atoms with Crippen LogP contribution in [0.5, 0.6) is 0 Å². The van der Waals surface area contributed by atoms with E-state index < -0.39 is 0 Å². The summed E-state index contributed by atoms with van der Waals surface area (Å²) in [5.74, 6) is -0.00150. The number of benzene rings is 1. The van der Waals surface area contributed by atoms with Crippen LogP contribution in [0.15, 0.2) is 18.2 Å². The van der Waals surface area contributed by atoms with Crippen molar-refractivity contribution in [3.05, 3.63) is 35.2 Å². The second kappa shape index (κ2) is 4.95. The van der Waals surface area contributed by atoms with E-state index in [0.29, 0.717) is 5.92 Å². The fraction of sp³-hybridized carbons (Fsp3) is 0.333. The van der Waals surface area contributed by atoms with Crippen LogP contribution in [0, 0.1) is 6.92 Å². The number of aromatic amines is 1. The zero-order valence-corrected chi connectivity index (χ0v) is 10.6. The molecule has 0 unspecified atom stereocenters. The summed E-state index contributed by atoms with van der Waals surface area (Å²) in [4.78, 5) is 11.9. The summed E-state index contributed by atoms with van der Waals surface area (Å²) in [6, 6.07) is 5.94. The van der Waals surface area contributed by atoms with Gasteiger partial charge in [-0.25, -0.2) is 0 Å². The maximum Gasteiger partial charge on any atom is 0.297 e. The van der Waals surface area contributed by atoms with E-state index in [0.717, 1.165) is 16.8 Å². The van der Waals surface area contributed by atoms with Crippen LogP contribution in [-0.2, 0) is 0 Å². The molecule has 0 atom stereocenters. The molecule has 0 aliphatic heterocycles. The fourth-order valence-electron chi connectivity index (χ4n) is 1.77. The minimum atomic E-state index is -0.361. The van der Waals surface area contributed by atoms with Gasteiger partial charge in [-0.2, -0.15) is 5.21 Å². The Bertz CT molecular complexity index is 548. The van der Waals surface area contributed by atoms with E-state index in [-0.39, 0.29) is 11.7 Å². The number of anilines is 1. The molecule has 0 saturated heterocycles. The van der Waals surface area contributed by atoms with Gasteiger partial charge in [-0.05, 0) is 29.2 Å². The molecule has 94 valence electrons. The van der Waals surface area contributed by atoms with Crippen molar-refractivity contribution in [2.45, 2.75) is 26.7 Å². The van der Waals surface area contributed by atoms with E-state index in [1.54, 1.807) is 0 Å². The molecule has 6 heteroatoms. The van der Waals surface area contributed by atoms with Gasteiger partial charge in [0.2, 0.25) is 0 Å². The zero-order chi connectivity index (χ0) is 13.1. The molecule has 1 amide bonds. The Hall–Kier alpha value is -2.24. The average molecular weight is 245 g/mol. The fourth-order valence-corrected chi connectivity index (χ4v) is 1.77. The molecule has 1 heterocycles. The average Bonchev–Trinajstić information content (AvgIpc) is 2.85. The number of rotatable bonds is 3. The van der Waals surface area contributed by atoms with Gasteiger partial charge in [0.1, 0.15) is 0 Å². The highest BCUT2D eigenvalue weighted by Gasteiger charge is 2.15. The first-order valence-corrected chi connectivity index (χ1v) is 5.74. The van der Waals surface area contributed by atoms with Crippen LogP contribution in [0.3, 0.4) is 0 Å². The molecule has 2 aromatic rings. The lowest BCUT2D eigenvalue weighted by Gasteiger charge is -2.15. The topological polar surface area (TPSA) is 83.6 Å². The van der Waals surface area contributed by atoms with Crippen LogP contribution in [0.25, 0.3) is 0 Å². The molecule has 0 spiro atoms. The largest absolute Gasteiger partial charge is 0.319 e. The third-order valence-corrected chi connectivity index (χ3v) is 2.71. The number of nitrogens with zero attached hydrogens (tertiary/aromatic N) is 3. The van der Waals surface area contributed by atoms with Gasteiger partial charge in [-0.3, -0.25) is 4.79 Å². The second-order valence-corrected chi connectivity index (χ2v) is 4.38. The minimum absolute atomic E-state index is 0.0351. The van der Waals surface area contributed by atoms with Gasteiger partial charge in [0.25, 0.3) is 11.7 Å². The first-order valence-electron chi connectivity index (χ1n) is 5.74. The van der Waals surface area contributed by atoms with Crippen molar-refractivity contribution < 1.29 is 4.79 Å². The molecule has 0 aliphatic carbocycles. The van der Waals surface area contributed by atoms with Crippen LogP contribution < -0.4 is 5.32 Å². The van der Waals surface area contributed by atoms with E-state index in [2.05, 4.69) is 39.8 Å². The van der Waals surface area contributed by atoms with Crippen LogP contribution in [0.2, 0.25) is 0 Å². The summed E-state index contributed by atoms with van der Waals surface area (Å²) in [6.45, 7) is 6.12. The maximum atomic E-state index is 11.9. The summed E-state index contributed by atoms with van der Waals surface area (Å²) in [5.41, 5.74) is 2.92. The molecule has 1 aromatic heterocycles. The molecule has 0 bridgehead atoms. The van der Waals surface area contributed by atoms with Crippen LogP contribution in [0.1, 0.15) is 41.5 Å². The lowest BCUT2D eigenvalue weighted by molar-refractivity contribution is 0.101. The van der Waals surface area contributed by atoms with E-state index >= 15 is 0 Å². The highest BCUT2D eigenvalue weighted by atomic mass is 16.2. The Morgan fingerprint density at radius 3 is 2.78 bits per heavy atom. The molecular weight excluding hydrogens is 230 g/mol. The van der Waals surface area contributed by atoms with Crippen LogP contribution >= 0.6 is 0 Å². The summed E-state index contributed by atoms with van der Waals surface area (Å²) < 4.78 is 0. The minimum Gasteiger partial charge on any atom is -0.319 e. The van der Waals surface area contributed by atoms with Gasteiger partial charge in [0.15, 0.2) is 0 Å². The Morgan fingerprint density at radius 1 is 1.39 bits per heavy atom. The summed E-state index contributed by atoms with van der Waals surface area (Å²) in [7, 11) is 0. The Kier molecular flexibility index (Phi) is 3.36. The highest BCUT2D eigenvalue weighted by Crippen LogP contribution is 2.27. The van der Waals surface area contributed by atoms with Crippen molar-refractivity contribution in [1.29, 1.82) is 0 Å². The van der Waals surface area contributed by atoms with Crippen molar-refractivity contribution in [2.24, 2.45) is 0 Å². The van der Waals surface area contributed by atoms with Gasteiger partial charge in [-0.1, -0.05) is 32.0 Å². The lowest BCUT2D eigenvalue weighted by Crippen LogP contribution is -2.16. The van der Waals surface area contributed by atoms with Crippen molar-refractivity contribution >= 4 is 11.6 Å². The van der Waals surface area contributed by atoms with Crippen LogP contribution in [-0.4, -0.2) is 26.5 Å². The lowest BCUT2D eigenvalue weighted by atomic mass is 9.98. The molecule has 6 nitrogen and oxygen atoms in total. The van der Waals surface area contributed by atoms with Gasteiger partial charge in [0, 0.05) is 5.69 Å². The number of aryl methyl sites for hydroxylation is 1. The first-order chi connectivity index (χ1) is 8.59. The molecule has 0 saturated carbocycles. The molecule has 2 rings (SSSR count). The summed E-state index contributed by atoms with van der Waals surface area (Å²) >= 11 is 0. The van der Waals surface area contributed by atoms with Gasteiger partial charge < -0.3 is 5.32 Å². The number of amides is 1. The number of H-pyrrole nitrogens is 1.